The predicted molar refractivity (Wildman–Crippen MR) is 244 cm³/mol. The Labute approximate surface area is 398 Å². The monoisotopic (exact) mass is 938 g/mol. The summed E-state index contributed by atoms with van der Waals surface area (Å²) in [7, 11) is 1.62. The molecule has 10 fully saturated rings. The zero-order valence-corrected chi connectivity index (χ0v) is 39.2. The summed E-state index contributed by atoms with van der Waals surface area (Å²) in [5.74, 6) is -2.09. The van der Waals surface area contributed by atoms with Crippen molar-refractivity contribution in [3.8, 4) is 0 Å². The predicted octanol–water partition coefficient (Wildman–Crippen LogP) is 7.20. The second kappa shape index (κ2) is 19.4. The van der Waals surface area contributed by atoms with Gasteiger partial charge in [0.25, 0.3) is 0 Å². The van der Waals surface area contributed by atoms with Crippen LogP contribution in [0.2, 0.25) is 0 Å². The fraction of sp³-hybridized carbons (Fsp3) is 0.648. The molecule has 12 rings (SSSR count). The highest BCUT2D eigenvalue weighted by Crippen LogP contribution is 2.54. The molecule has 0 aromatic heterocycles. The van der Waals surface area contributed by atoms with Crippen molar-refractivity contribution in [3.05, 3.63) is 96.1 Å². The minimum atomic E-state index is -0.900. The van der Waals surface area contributed by atoms with Gasteiger partial charge < -0.3 is 52.1 Å². The molecule has 2 aromatic carbocycles. The molecule has 366 valence electrons. The molecule has 0 radical (unpaired) electrons. The molecular weight excluding hydrogens is 873 g/mol. The molecule has 14 heteroatoms. The molecule has 10 heterocycles. The Balaban J connectivity index is 0.864. The fourth-order valence-electron chi connectivity index (χ4n) is 12.9. The van der Waals surface area contributed by atoms with Crippen molar-refractivity contribution in [2.24, 2.45) is 11.8 Å². The van der Waals surface area contributed by atoms with Gasteiger partial charge in [0.1, 0.15) is 49.0 Å². The number of carbonyl (C=O) groups excluding carboxylic acids is 3. The third-order valence-corrected chi connectivity index (χ3v) is 16.4. The van der Waals surface area contributed by atoms with E-state index in [2.05, 4.69) is 20.1 Å². The number of hydrogen-bond acceptors (Lipinski definition) is 14. The van der Waals surface area contributed by atoms with Crippen molar-refractivity contribution in [2.75, 3.05) is 13.7 Å². The lowest BCUT2D eigenvalue weighted by Gasteiger charge is -2.47. The summed E-state index contributed by atoms with van der Waals surface area (Å²) < 4.78 is 73.0. The van der Waals surface area contributed by atoms with E-state index in [4.69, 9.17) is 52.1 Å². The van der Waals surface area contributed by atoms with Crippen molar-refractivity contribution in [3.63, 3.8) is 0 Å². The van der Waals surface area contributed by atoms with Crippen LogP contribution in [0.15, 0.2) is 85.0 Å². The van der Waals surface area contributed by atoms with Crippen LogP contribution in [-0.2, 0) is 56.9 Å². The lowest BCUT2D eigenvalue weighted by molar-refractivity contribution is -0.292. The van der Waals surface area contributed by atoms with E-state index < -0.39 is 54.3 Å². The first-order valence-electron chi connectivity index (χ1n) is 25.2. The van der Waals surface area contributed by atoms with E-state index in [1.54, 1.807) is 55.6 Å². The first kappa shape index (κ1) is 46.5. The molecule has 0 amide bonds. The first-order valence-corrected chi connectivity index (χ1v) is 25.2. The van der Waals surface area contributed by atoms with Crippen LogP contribution in [0.3, 0.4) is 0 Å². The zero-order chi connectivity index (χ0) is 46.7. The van der Waals surface area contributed by atoms with Crippen molar-refractivity contribution in [2.45, 2.75) is 194 Å². The third-order valence-electron chi connectivity index (χ3n) is 16.4. The molecule has 15 unspecified atom stereocenters. The van der Waals surface area contributed by atoms with Crippen molar-refractivity contribution in [1.82, 2.24) is 0 Å². The molecule has 2 aromatic rings. The molecule has 0 saturated carbocycles. The average Bonchev–Trinajstić information content (AvgIpc) is 4.02. The topological polar surface area (TPSA) is 153 Å². The minimum Gasteiger partial charge on any atom is -0.458 e. The molecule has 12 bridgehead atoms. The maximum Gasteiger partial charge on any atom is 0.338 e. The summed E-state index contributed by atoms with van der Waals surface area (Å²) in [5.41, 5.74) is 2.84. The molecule has 0 aliphatic carbocycles. The molecular formula is C54H66O14. The summed E-state index contributed by atoms with van der Waals surface area (Å²) >= 11 is 0. The molecule has 14 nitrogen and oxygen atoms in total. The van der Waals surface area contributed by atoms with E-state index in [9.17, 15) is 14.4 Å². The van der Waals surface area contributed by atoms with Crippen LogP contribution in [0.25, 0.3) is 0 Å². The van der Waals surface area contributed by atoms with Crippen LogP contribution < -0.4 is 0 Å². The minimum absolute atomic E-state index is 0.00377. The lowest BCUT2D eigenvalue weighted by Crippen LogP contribution is -2.61. The van der Waals surface area contributed by atoms with Crippen molar-refractivity contribution >= 4 is 17.7 Å². The van der Waals surface area contributed by atoms with E-state index in [-0.39, 0.29) is 105 Å². The Kier molecular flexibility index (Phi) is 13.3. The number of hydrogen-bond donors (Lipinski definition) is 0. The molecule has 10 aliphatic rings. The highest BCUT2D eigenvalue weighted by atomic mass is 16.8. The number of fused-ring (bicyclic) bond motifs is 6. The SMILES string of the molecule is C=C1CC2CCC34CC5OC6C(O3)[C@H]3OC(CCC3O[C@H]6C5O4)CC(=O)CC3C(CC4OC(CCC1O2)CC(C)C4=C)O[C@H](CC(COC(=O)c1ccccc1)OC(=O)c1ccccc1)[C@@H]3OC. The van der Waals surface area contributed by atoms with Gasteiger partial charge in [0.15, 0.2) is 5.79 Å². The van der Waals surface area contributed by atoms with Crippen molar-refractivity contribution in [1.29, 1.82) is 0 Å². The van der Waals surface area contributed by atoms with Gasteiger partial charge in [0.2, 0.25) is 0 Å². The number of ether oxygens (including phenoxy) is 11. The van der Waals surface area contributed by atoms with Gasteiger partial charge in [-0.15, -0.1) is 0 Å². The van der Waals surface area contributed by atoms with Crippen LogP contribution in [0, 0.1) is 11.8 Å². The van der Waals surface area contributed by atoms with Crippen LogP contribution in [0.1, 0.15) is 111 Å². The summed E-state index contributed by atoms with van der Waals surface area (Å²) in [6.45, 7) is 11.0. The van der Waals surface area contributed by atoms with Crippen molar-refractivity contribution < 1.29 is 66.5 Å². The Bertz CT molecular complexity index is 2180. The van der Waals surface area contributed by atoms with Crippen LogP contribution in [0.4, 0.5) is 0 Å². The van der Waals surface area contributed by atoms with Gasteiger partial charge in [-0.3, -0.25) is 4.79 Å². The van der Waals surface area contributed by atoms with Gasteiger partial charge in [-0.2, -0.15) is 0 Å². The Hall–Kier alpha value is -3.83. The molecule has 19 atom stereocenters. The van der Waals surface area contributed by atoms with Gasteiger partial charge in [0, 0.05) is 51.6 Å². The summed E-state index contributed by atoms with van der Waals surface area (Å²) in [6.07, 6.45) is 2.39. The Morgan fingerprint density at radius 3 is 2.16 bits per heavy atom. The number of carbonyl (C=O) groups is 3. The molecule has 68 heavy (non-hydrogen) atoms. The number of benzene rings is 2. The Morgan fingerprint density at radius 1 is 0.691 bits per heavy atom. The number of esters is 2. The molecule has 10 aliphatic heterocycles. The first-order chi connectivity index (χ1) is 33.0. The van der Waals surface area contributed by atoms with Crippen LogP contribution >= 0.6 is 0 Å². The second-order valence-corrected chi connectivity index (χ2v) is 20.9. The highest BCUT2D eigenvalue weighted by Gasteiger charge is 2.69. The molecule has 1 spiro atoms. The highest BCUT2D eigenvalue weighted by molar-refractivity contribution is 5.90. The molecule has 10 saturated heterocycles. The number of rotatable bonds is 8. The van der Waals surface area contributed by atoms with Crippen LogP contribution in [0.5, 0.6) is 0 Å². The summed E-state index contributed by atoms with van der Waals surface area (Å²) in [5, 5.41) is 0. The summed E-state index contributed by atoms with van der Waals surface area (Å²) in [6, 6.07) is 17.4. The van der Waals surface area contributed by atoms with Gasteiger partial charge in [0.05, 0.1) is 72.2 Å². The van der Waals surface area contributed by atoms with Gasteiger partial charge in [-0.1, -0.05) is 56.5 Å². The standard InChI is InChI=1S/C54H66O14/c1-29-21-35-15-17-40-30(2)22-37(60-40)19-20-54-27-45-48(67-54)49-50(66-45)51(68-54)47-41(65-49)18-16-36(62-47)23-34(55)24-39-43(26-42(61-35)31(29)3)64-44(46(39)58-4)25-38(63-53(57)33-13-9-6-10-14-33)28-59-52(56)32-11-7-5-8-12-32/h5-14,29,35-51H,2-3,15-28H2,1,4H3/t29?,35?,36?,37?,38?,39?,40?,41?,42?,43?,44-,45?,46-,47+,48?,49+,50?,51?,54?/m1/s1. The van der Waals surface area contributed by atoms with Gasteiger partial charge in [-0.05, 0) is 86.3 Å². The van der Waals surface area contributed by atoms with E-state index >= 15 is 0 Å². The maximum absolute atomic E-state index is 14.6. The van der Waals surface area contributed by atoms with Crippen LogP contribution in [-0.4, -0.2) is 135 Å². The third kappa shape index (κ3) is 9.30. The maximum atomic E-state index is 14.6. The van der Waals surface area contributed by atoms with Gasteiger partial charge in [-0.25, -0.2) is 9.59 Å². The fourth-order valence-corrected chi connectivity index (χ4v) is 12.9. The van der Waals surface area contributed by atoms with E-state index in [1.165, 1.54) is 0 Å². The lowest BCUT2D eigenvalue weighted by atomic mass is 9.81. The zero-order valence-electron chi connectivity index (χ0n) is 39.2. The second-order valence-electron chi connectivity index (χ2n) is 20.9. The van der Waals surface area contributed by atoms with E-state index in [1.807, 2.05) is 12.1 Å². The van der Waals surface area contributed by atoms with E-state index in [0.717, 1.165) is 49.7 Å². The van der Waals surface area contributed by atoms with E-state index in [0.29, 0.717) is 36.8 Å². The summed E-state index contributed by atoms with van der Waals surface area (Å²) in [4.78, 5) is 41.3. The quantitative estimate of drug-likeness (QED) is 0.194. The number of ketones is 1. The molecule has 0 N–H and O–H groups in total. The smallest absolute Gasteiger partial charge is 0.338 e. The average molecular weight is 939 g/mol. The number of methoxy groups -OCH3 is 1. The van der Waals surface area contributed by atoms with Gasteiger partial charge >= 0.3 is 11.9 Å². The number of Topliss-reactive ketones (excluding diaryl/α,β-unsaturated/α-hetero) is 1. The Morgan fingerprint density at radius 2 is 1.38 bits per heavy atom. The normalized spacial score (nSPS) is 42.5. The largest absolute Gasteiger partial charge is 0.458 e.